The van der Waals surface area contributed by atoms with E-state index in [-0.39, 0.29) is 10.9 Å². The van der Waals surface area contributed by atoms with Gasteiger partial charge in [-0.1, -0.05) is 0 Å². The fourth-order valence-electron chi connectivity index (χ4n) is 0.538. The monoisotopic (exact) mass is 300 g/mol. The standard InChI is InChI=1S/C4H7O3.Au/c5-3-1-7-2-4(3)6;/h1,3-6H,2H2;/t3-,4-;/m1./s1. The van der Waals surface area contributed by atoms with Crippen molar-refractivity contribution in [2.45, 2.75) is 16.5 Å². The van der Waals surface area contributed by atoms with Crippen molar-refractivity contribution in [3.05, 3.63) is 0 Å². The summed E-state index contributed by atoms with van der Waals surface area (Å²) in [6.07, 6.45) is -1.40. The first-order chi connectivity index (χ1) is 3.72. The summed E-state index contributed by atoms with van der Waals surface area (Å²) in [6, 6.07) is 0. The molecule has 8 heavy (non-hydrogen) atoms. The minimum atomic E-state index is -0.710. The van der Waals surface area contributed by atoms with Crippen LogP contribution >= 0.6 is 0 Å². The summed E-state index contributed by atoms with van der Waals surface area (Å²) in [5.74, 6) is 0. The quantitative estimate of drug-likeness (QED) is 0.542. The van der Waals surface area contributed by atoms with Crippen molar-refractivity contribution >= 4 is 0 Å². The Bertz CT molecular complexity index is 77.4. The van der Waals surface area contributed by atoms with Crippen LogP contribution in [0.5, 0.6) is 0 Å². The summed E-state index contributed by atoms with van der Waals surface area (Å²) in [4.78, 5) is 0. The molecule has 0 radical (unpaired) electrons. The second-order valence-electron chi connectivity index (χ2n) is 1.70. The Balaban J connectivity index is 2.44. The van der Waals surface area contributed by atoms with E-state index in [1.165, 1.54) is 0 Å². The van der Waals surface area contributed by atoms with E-state index in [0.717, 1.165) is 0 Å². The van der Waals surface area contributed by atoms with E-state index in [2.05, 4.69) is 21.1 Å². The van der Waals surface area contributed by atoms with E-state index in [0.29, 0.717) is 0 Å². The Morgan fingerprint density at radius 3 is 2.25 bits per heavy atom. The molecule has 1 fully saturated rings. The van der Waals surface area contributed by atoms with E-state index in [9.17, 15) is 0 Å². The zero-order valence-corrected chi connectivity index (χ0v) is 6.21. The Morgan fingerprint density at radius 2 is 2.12 bits per heavy atom. The molecule has 0 bridgehead atoms. The van der Waals surface area contributed by atoms with Gasteiger partial charge in [0.1, 0.15) is 0 Å². The molecule has 52 valence electrons. The third kappa shape index (κ3) is 1.13. The summed E-state index contributed by atoms with van der Waals surface area (Å²) >= 11 is 2.11. The molecule has 1 aliphatic rings. The van der Waals surface area contributed by atoms with Gasteiger partial charge < -0.3 is 0 Å². The van der Waals surface area contributed by atoms with Crippen LogP contribution in [-0.4, -0.2) is 33.3 Å². The molecule has 1 aliphatic heterocycles. The summed E-state index contributed by atoms with van der Waals surface area (Å²) < 4.78 is 4.59. The molecule has 3 nitrogen and oxygen atoms in total. The molecule has 3 atom stereocenters. The number of aliphatic hydroxyl groups excluding tert-OH is 2. The average molecular weight is 300 g/mol. The van der Waals surface area contributed by atoms with Crippen LogP contribution in [0.25, 0.3) is 0 Å². The molecule has 1 saturated heterocycles. The average Bonchev–Trinajstić information content (AvgIpc) is 1.98. The van der Waals surface area contributed by atoms with Crippen LogP contribution in [0.3, 0.4) is 0 Å². The van der Waals surface area contributed by atoms with Crippen molar-refractivity contribution in [1.82, 2.24) is 0 Å². The molecule has 0 aromatic heterocycles. The fraction of sp³-hybridized carbons (Fsp3) is 1.00. The first-order valence-electron chi connectivity index (χ1n) is 2.29. The van der Waals surface area contributed by atoms with E-state index in [1.807, 2.05) is 0 Å². The number of aliphatic hydroxyl groups is 2. The number of rotatable bonds is 0. The van der Waals surface area contributed by atoms with Crippen LogP contribution in [0, 0.1) is 0 Å². The Kier molecular flexibility index (Phi) is 2.08. The van der Waals surface area contributed by atoms with Crippen LogP contribution in [0.4, 0.5) is 0 Å². The zero-order chi connectivity index (χ0) is 6.15. The van der Waals surface area contributed by atoms with Gasteiger partial charge in [0.25, 0.3) is 0 Å². The van der Waals surface area contributed by atoms with Crippen molar-refractivity contribution < 1.29 is 36.0 Å². The molecule has 2 N–H and O–H groups in total. The van der Waals surface area contributed by atoms with Gasteiger partial charge in [0.15, 0.2) is 0 Å². The normalized spacial score (nSPS) is 47.8. The van der Waals surface area contributed by atoms with Crippen molar-refractivity contribution in [3.63, 3.8) is 0 Å². The molecule has 0 aromatic rings. The topological polar surface area (TPSA) is 49.7 Å². The van der Waals surface area contributed by atoms with Crippen LogP contribution in [0.2, 0.25) is 0 Å². The van der Waals surface area contributed by atoms with Gasteiger partial charge in [0.05, 0.1) is 0 Å². The van der Waals surface area contributed by atoms with Crippen LogP contribution in [0.15, 0.2) is 0 Å². The molecular formula is C4H7AuO3. The van der Waals surface area contributed by atoms with Gasteiger partial charge in [-0.05, 0) is 0 Å². The summed E-state index contributed by atoms with van der Waals surface area (Å²) in [5, 5.41) is 17.7. The van der Waals surface area contributed by atoms with Gasteiger partial charge in [-0.25, -0.2) is 0 Å². The molecule has 1 rings (SSSR count). The Labute approximate surface area is 59.6 Å². The Hall–Kier alpha value is 0.620. The second-order valence-corrected chi connectivity index (χ2v) is 2.93. The molecule has 0 saturated carbocycles. The molecule has 0 aromatic carbocycles. The van der Waals surface area contributed by atoms with Gasteiger partial charge in [0.2, 0.25) is 0 Å². The predicted octanol–water partition coefficient (Wildman–Crippen LogP) is -1.39. The van der Waals surface area contributed by atoms with Crippen molar-refractivity contribution in [1.29, 1.82) is 0 Å². The van der Waals surface area contributed by atoms with Gasteiger partial charge in [-0.15, -0.1) is 0 Å². The maximum absolute atomic E-state index is 8.88. The van der Waals surface area contributed by atoms with Crippen molar-refractivity contribution in [3.8, 4) is 0 Å². The second kappa shape index (κ2) is 2.47. The molecular weight excluding hydrogens is 293 g/mol. The third-order valence-electron chi connectivity index (χ3n) is 1.05. The van der Waals surface area contributed by atoms with Gasteiger partial charge in [-0.2, -0.15) is 0 Å². The first-order valence-corrected chi connectivity index (χ1v) is 3.54. The predicted molar refractivity (Wildman–Crippen MR) is 21.8 cm³/mol. The molecule has 1 heterocycles. The van der Waals surface area contributed by atoms with Crippen molar-refractivity contribution in [2.24, 2.45) is 0 Å². The first kappa shape index (κ1) is 6.74. The summed E-state index contributed by atoms with van der Waals surface area (Å²) in [6.45, 7) is 0.252. The minimum absolute atomic E-state index is 0.252. The molecule has 0 amide bonds. The fourth-order valence-corrected chi connectivity index (χ4v) is 1.23. The summed E-state index contributed by atoms with van der Waals surface area (Å²) in [7, 11) is 0. The van der Waals surface area contributed by atoms with E-state index in [4.69, 9.17) is 14.9 Å². The maximum atomic E-state index is 8.88. The SMILES string of the molecule is O[C@@H]1CO[CH]([Au])[C@H]1O. The van der Waals surface area contributed by atoms with Gasteiger partial charge >= 0.3 is 59.2 Å². The van der Waals surface area contributed by atoms with Crippen LogP contribution in [-0.2, 0) is 25.8 Å². The van der Waals surface area contributed by atoms with E-state index >= 15 is 0 Å². The molecule has 4 heteroatoms. The molecule has 1 unspecified atom stereocenters. The summed E-state index contributed by atoms with van der Waals surface area (Å²) in [5.41, 5.74) is 0. The molecule has 0 aliphatic carbocycles. The Morgan fingerprint density at radius 1 is 1.50 bits per heavy atom. The van der Waals surface area contributed by atoms with E-state index in [1.54, 1.807) is 0 Å². The van der Waals surface area contributed by atoms with Crippen molar-refractivity contribution in [2.75, 3.05) is 6.61 Å². The van der Waals surface area contributed by atoms with Gasteiger partial charge in [-0.3, -0.25) is 0 Å². The molecule has 0 spiro atoms. The number of hydrogen-bond acceptors (Lipinski definition) is 3. The number of ether oxygens (including phenoxy) is 1. The zero-order valence-electron chi connectivity index (χ0n) is 4.04. The third-order valence-corrected chi connectivity index (χ3v) is 2.15. The van der Waals surface area contributed by atoms with Crippen LogP contribution in [0.1, 0.15) is 0 Å². The van der Waals surface area contributed by atoms with E-state index < -0.39 is 12.2 Å². The van der Waals surface area contributed by atoms with Gasteiger partial charge in [0, 0.05) is 0 Å². The van der Waals surface area contributed by atoms with Crippen LogP contribution < -0.4 is 0 Å². The number of hydrogen-bond donors (Lipinski definition) is 2.